The van der Waals surface area contributed by atoms with Crippen molar-refractivity contribution in [2.45, 2.75) is 36.4 Å². The molecule has 1 fully saturated rings. The van der Waals surface area contributed by atoms with Crippen molar-refractivity contribution in [2.24, 2.45) is 5.89 Å². The van der Waals surface area contributed by atoms with E-state index in [9.17, 15) is 2.74 Å². The van der Waals surface area contributed by atoms with Crippen molar-refractivity contribution in [1.29, 1.82) is 1.43 Å². The monoisotopic (exact) mass is 307 g/mol. The summed E-state index contributed by atoms with van der Waals surface area (Å²) in [6.45, 7) is -2.90. The summed E-state index contributed by atoms with van der Waals surface area (Å²) in [4.78, 5) is 0.826. The van der Waals surface area contributed by atoms with E-state index in [0.717, 1.165) is 4.90 Å². The molecule has 2 aliphatic heterocycles. The van der Waals surface area contributed by atoms with E-state index in [1.807, 2.05) is 0 Å². The second-order valence-electron chi connectivity index (χ2n) is 6.14. The normalized spacial score (nSPS) is 55.9. The van der Waals surface area contributed by atoms with E-state index < -0.39 is 42.9 Å². The van der Waals surface area contributed by atoms with Crippen molar-refractivity contribution in [3.63, 3.8) is 0 Å². The van der Waals surface area contributed by atoms with E-state index >= 15 is 0 Å². The zero-order valence-electron chi connectivity index (χ0n) is 20.1. The minimum atomic E-state index is -2.77. The molecule has 0 amide bonds. The van der Waals surface area contributed by atoms with Crippen LogP contribution in [-0.2, 0) is 11.8 Å². The Bertz CT molecular complexity index is 967. The molecule has 1 aromatic rings. The molecule has 1 aromatic carbocycles. The molecule has 116 valence electrons. The average molecular weight is 307 g/mol. The maximum atomic E-state index is 9.49. The summed E-state index contributed by atoms with van der Waals surface area (Å²) in [5, 5.41) is 4.87. The Morgan fingerprint density at radius 1 is 1.59 bits per heavy atom. The van der Waals surface area contributed by atoms with Crippen LogP contribution in [-0.4, -0.2) is 50.3 Å². The van der Waals surface area contributed by atoms with Gasteiger partial charge in [-0.3, -0.25) is 0 Å². The van der Waals surface area contributed by atoms with Gasteiger partial charge in [-0.15, -0.1) is 0 Å². The summed E-state index contributed by atoms with van der Waals surface area (Å²) in [5.41, 5.74) is -0.722. The minimum Gasteiger partial charge on any atom is -0.493 e. The molecule has 1 N–H and O–H groups in total. The predicted molar refractivity (Wildman–Crippen MR) is 82.5 cm³/mol. The predicted octanol–water partition coefficient (Wildman–Crippen LogP) is 1.50. The number of piperidine rings is 1. The molecule has 2 aliphatic carbocycles. The van der Waals surface area contributed by atoms with Gasteiger partial charge in [-0.2, -0.15) is 0 Å². The van der Waals surface area contributed by atoms with E-state index in [2.05, 4.69) is 0 Å². The SMILES string of the molecule is [2H]OC1C=C[C@]2([2H])[C@@]34CCN(C([2H])([2H])[2H])[C@]2([2H])C([2H])([2H])c2ccc(OC)c(c23)OC14. The number of ether oxygens (including phenoxy) is 2. The van der Waals surface area contributed by atoms with Crippen molar-refractivity contribution < 1.29 is 24.2 Å². The molecule has 2 bridgehead atoms. The highest BCUT2D eigenvalue weighted by Gasteiger charge is 2.64. The number of nitrogens with zero attached hydrogens (tertiary/aromatic N) is 1. The molecule has 0 saturated carbocycles. The van der Waals surface area contributed by atoms with E-state index in [-0.39, 0.29) is 24.3 Å². The third-order valence-corrected chi connectivity index (χ3v) is 5.26. The molecule has 4 nitrogen and oxygen atoms in total. The van der Waals surface area contributed by atoms with Crippen LogP contribution in [0.5, 0.6) is 11.5 Å². The van der Waals surface area contributed by atoms with Crippen LogP contribution >= 0.6 is 0 Å². The second kappa shape index (κ2) is 4.06. The number of methoxy groups -OCH3 is 1. The van der Waals surface area contributed by atoms with Crippen LogP contribution in [0.15, 0.2) is 24.3 Å². The van der Waals surface area contributed by atoms with Gasteiger partial charge in [0.25, 0.3) is 0 Å². The average Bonchev–Trinajstić information content (AvgIpc) is 3.01. The fraction of sp³-hybridized carbons (Fsp3) is 0.556. The van der Waals surface area contributed by atoms with E-state index in [1.54, 1.807) is 0 Å². The van der Waals surface area contributed by atoms with Gasteiger partial charge in [0.15, 0.2) is 11.5 Å². The van der Waals surface area contributed by atoms with Gasteiger partial charge in [-0.05, 0) is 37.9 Å². The van der Waals surface area contributed by atoms with Crippen LogP contribution < -0.4 is 9.47 Å². The first-order chi connectivity index (χ1) is 13.9. The summed E-state index contributed by atoms with van der Waals surface area (Å²) in [6, 6.07) is 0.545. The number of hydrogen-bond donors (Lipinski definition) is 1. The van der Waals surface area contributed by atoms with E-state index in [1.165, 1.54) is 31.4 Å². The fourth-order valence-corrected chi connectivity index (χ4v) is 4.33. The number of benzene rings is 1. The zero-order chi connectivity index (χ0) is 21.9. The molecule has 1 spiro atoms. The first-order valence-electron chi connectivity index (χ1n) is 11.3. The molecule has 2 heterocycles. The van der Waals surface area contributed by atoms with Gasteiger partial charge in [0.1, 0.15) is 12.2 Å². The second-order valence-corrected chi connectivity index (χ2v) is 6.14. The summed E-state index contributed by atoms with van der Waals surface area (Å²) < 4.78 is 79.8. The van der Waals surface area contributed by atoms with Gasteiger partial charge < -0.3 is 19.5 Å². The lowest BCUT2D eigenvalue weighted by Crippen LogP contribution is -2.64. The Labute approximate surface area is 141 Å². The van der Waals surface area contributed by atoms with Crippen LogP contribution in [0.1, 0.15) is 27.1 Å². The van der Waals surface area contributed by atoms with Gasteiger partial charge in [0.05, 0.1) is 7.11 Å². The Morgan fingerprint density at radius 2 is 2.55 bits per heavy atom. The smallest absolute Gasteiger partial charge is 0.211 e. The molecule has 0 radical (unpaired) electrons. The highest BCUT2D eigenvalue weighted by molar-refractivity contribution is 5.62. The van der Waals surface area contributed by atoms with Gasteiger partial charge in [-0.25, -0.2) is 0 Å². The van der Waals surface area contributed by atoms with Crippen molar-refractivity contribution in [2.75, 3.05) is 20.6 Å². The molecule has 4 heteroatoms. The molecule has 0 aromatic heterocycles. The molecule has 5 rings (SSSR count). The lowest BCUT2D eigenvalue weighted by Gasteiger charge is -2.56. The van der Waals surface area contributed by atoms with Crippen LogP contribution in [0, 0.1) is 5.89 Å². The van der Waals surface area contributed by atoms with Gasteiger partial charge in [-0.1, -0.05) is 18.2 Å². The molecule has 22 heavy (non-hydrogen) atoms. The summed E-state index contributed by atoms with van der Waals surface area (Å²) in [5.74, 6) is -1.38. The van der Waals surface area contributed by atoms with Gasteiger partial charge in [0.2, 0.25) is 1.43 Å². The number of hydrogen-bond acceptors (Lipinski definition) is 4. The van der Waals surface area contributed by atoms with E-state index in [0.29, 0.717) is 11.3 Å². The minimum absolute atomic E-state index is 0.117. The first kappa shape index (κ1) is 7.37. The lowest BCUT2D eigenvalue weighted by molar-refractivity contribution is -0.0453. The van der Waals surface area contributed by atoms with E-state index in [4.69, 9.17) is 22.9 Å². The maximum absolute atomic E-state index is 9.49. The van der Waals surface area contributed by atoms with Crippen molar-refractivity contribution in [1.82, 2.24) is 4.90 Å². The Balaban J connectivity index is 1.93. The molecule has 4 aliphatic rings. The number of aliphatic hydroxyl groups is 1. The van der Waals surface area contributed by atoms with Crippen LogP contribution in [0.25, 0.3) is 0 Å². The lowest BCUT2D eigenvalue weighted by atomic mass is 9.53. The van der Waals surface area contributed by atoms with Crippen molar-refractivity contribution in [3.8, 4) is 11.5 Å². The molecule has 5 atom stereocenters. The van der Waals surface area contributed by atoms with Crippen LogP contribution in [0.2, 0.25) is 0 Å². The largest absolute Gasteiger partial charge is 0.493 e. The molecule has 1 saturated heterocycles. The Kier molecular flexibility index (Phi) is 1.36. The number of likely N-dealkylation sites (tertiary alicyclic amines) is 1. The third kappa shape index (κ3) is 1.28. The summed E-state index contributed by atoms with van der Waals surface area (Å²) in [6.07, 6.45) is -1.38. The molecular formula is C18H21NO3. The highest BCUT2D eigenvalue weighted by atomic mass is 16.5. The maximum Gasteiger partial charge on any atom is 0.211 e. The Hall–Kier alpha value is -1.52. The number of likely N-dealkylation sites (N-methyl/N-ethyl adjacent to an activating group) is 1. The summed E-state index contributed by atoms with van der Waals surface area (Å²) >= 11 is 0. The topological polar surface area (TPSA) is 41.9 Å². The van der Waals surface area contributed by atoms with Crippen LogP contribution in [0.4, 0.5) is 0 Å². The molecule has 2 unspecified atom stereocenters. The quantitative estimate of drug-likeness (QED) is 0.841. The Morgan fingerprint density at radius 3 is 3.36 bits per heavy atom. The first-order valence-corrected chi connectivity index (χ1v) is 7.39. The molecular weight excluding hydrogens is 278 g/mol. The fourth-order valence-electron chi connectivity index (χ4n) is 4.33. The highest BCUT2D eigenvalue weighted by Crippen LogP contribution is 2.62. The van der Waals surface area contributed by atoms with Crippen molar-refractivity contribution >= 4 is 0 Å². The number of rotatable bonds is 2. The summed E-state index contributed by atoms with van der Waals surface area (Å²) in [7, 11) is 1.45. The van der Waals surface area contributed by atoms with Gasteiger partial charge >= 0.3 is 0 Å². The zero-order valence-corrected chi connectivity index (χ0v) is 12.1. The van der Waals surface area contributed by atoms with Crippen molar-refractivity contribution in [3.05, 3.63) is 35.4 Å². The number of aliphatic hydroxyl groups excluding tert-OH is 1. The van der Waals surface area contributed by atoms with Crippen LogP contribution in [0.3, 0.4) is 0 Å². The van der Waals surface area contributed by atoms with Gasteiger partial charge in [0, 0.05) is 32.5 Å². The standard InChI is InChI=1S/C18H21NO3/c1-19-8-7-18-11-4-5-13(20)17(18)22-16-14(21-2)6-3-10(15(16)18)9-12(11)19/h3-6,11-13,17,20H,7-9H2,1-2H3/t11-,12+,13?,17?,18-/m0/s1/i1D3,9D2,11D,12D,20D. The third-order valence-electron chi connectivity index (χ3n) is 5.26.